The number of hydrogen-bond acceptors (Lipinski definition) is 6. The average molecular weight is 529 g/mol. The van der Waals surface area contributed by atoms with Crippen LogP contribution in [-0.4, -0.2) is 50.4 Å². The van der Waals surface area contributed by atoms with E-state index in [1.807, 2.05) is 54.6 Å². The smallest absolute Gasteiger partial charge is 0.261 e. The standard InChI is InChI=1S/C29H28N4O2S2/c34-37(35,26-14-11-23-5-1-2-6-24(23)21-26)31-25-12-9-22(10-13-25)15-16-32-17-19-33(20-18-32)29-27-7-3-4-8-28(27)36-30-29/h1-14,21,31H,15-20H2. The minimum Gasteiger partial charge on any atom is -0.353 e. The van der Waals surface area contributed by atoms with Crippen LogP contribution < -0.4 is 9.62 Å². The van der Waals surface area contributed by atoms with Gasteiger partial charge in [0, 0.05) is 43.8 Å². The van der Waals surface area contributed by atoms with Crippen LogP contribution in [0.15, 0.2) is 95.9 Å². The van der Waals surface area contributed by atoms with Gasteiger partial charge in [-0.05, 0) is 70.7 Å². The third-order valence-electron chi connectivity index (χ3n) is 6.98. The molecule has 0 radical (unpaired) electrons. The van der Waals surface area contributed by atoms with E-state index in [0.717, 1.165) is 55.7 Å². The molecule has 4 aromatic carbocycles. The van der Waals surface area contributed by atoms with Crippen LogP contribution in [0.1, 0.15) is 5.56 Å². The molecule has 1 aromatic heterocycles. The molecule has 0 atom stereocenters. The normalized spacial score (nSPS) is 14.9. The number of rotatable bonds is 7. The quantitative estimate of drug-likeness (QED) is 0.297. The van der Waals surface area contributed by atoms with Crippen LogP contribution in [0, 0.1) is 0 Å². The maximum Gasteiger partial charge on any atom is 0.261 e. The summed E-state index contributed by atoms with van der Waals surface area (Å²) in [5.41, 5.74) is 1.77. The Bertz CT molecular complexity index is 1640. The Morgan fingerprint density at radius 3 is 2.35 bits per heavy atom. The van der Waals surface area contributed by atoms with E-state index >= 15 is 0 Å². The van der Waals surface area contributed by atoms with Gasteiger partial charge in [0.05, 0.1) is 9.60 Å². The first-order valence-corrected chi connectivity index (χ1v) is 14.7. The highest BCUT2D eigenvalue weighted by atomic mass is 32.2. The van der Waals surface area contributed by atoms with Crippen LogP contribution in [0.3, 0.4) is 0 Å². The molecule has 8 heteroatoms. The number of piperazine rings is 1. The summed E-state index contributed by atoms with van der Waals surface area (Å²) in [6.45, 7) is 4.95. The number of hydrogen-bond donors (Lipinski definition) is 1. The number of benzene rings is 4. The zero-order valence-corrected chi connectivity index (χ0v) is 22.0. The van der Waals surface area contributed by atoms with Gasteiger partial charge in [0.25, 0.3) is 10.0 Å². The second kappa shape index (κ2) is 10.1. The maximum absolute atomic E-state index is 12.9. The Morgan fingerprint density at radius 2 is 1.54 bits per heavy atom. The van der Waals surface area contributed by atoms with Gasteiger partial charge in [-0.1, -0.05) is 54.6 Å². The van der Waals surface area contributed by atoms with Crippen molar-refractivity contribution in [3.05, 3.63) is 96.6 Å². The van der Waals surface area contributed by atoms with Crippen molar-refractivity contribution < 1.29 is 8.42 Å². The van der Waals surface area contributed by atoms with Crippen molar-refractivity contribution in [3.63, 3.8) is 0 Å². The molecule has 0 spiro atoms. The van der Waals surface area contributed by atoms with E-state index in [0.29, 0.717) is 5.69 Å². The summed E-state index contributed by atoms with van der Waals surface area (Å²) in [6, 6.07) is 29.1. The average Bonchev–Trinajstić information content (AvgIpc) is 3.37. The fraction of sp³-hybridized carbons (Fsp3) is 0.207. The topological polar surface area (TPSA) is 65.5 Å². The number of nitrogens with one attached hydrogen (secondary N) is 1. The van der Waals surface area contributed by atoms with Crippen LogP contribution in [-0.2, 0) is 16.4 Å². The Hall–Kier alpha value is -3.46. The molecule has 1 N–H and O–H groups in total. The largest absolute Gasteiger partial charge is 0.353 e. The molecule has 6 nitrogen and oxygen atoms in total. The summed E-state index contributed by atoms with van der Waals surface area (Å²) >= 11 is 1.57. The van der Waals surface area contributed by atoms with Gasteiger partial charge < -0.3 is 4.90 Å². The zero-order valence-electron chi connectivity index (χ0n) is 20.4. The monoisotopic (exact) mass is 528 g/mol. The van der Waals surface area contributed by atoms with Crippen molar-refractivity contribution in [2.75, 3.05) is 42.3 Å². The lowest BCUT2D eigenvalue weighted by molar-refractivity contribution is 0.261. The van der Waals surface area contributed by atoms with Crippen molar-refractivity contribution in [3.8, 4) is 0 Å². The van der Waals surface area contributed by atoms with Gasteiger partial charge in [0.1, 0.15) is 5.82 Å². The van der Waals surface area contributed by atoms with Gasteiger partial charge >= 0.3 is 0 Å². The van der Waals surface area contributed by atoms with E-state index in [9.17, 15) is 8.42 Å². The number of nitrogens with zero attached hydrogens (tertiary/aromatic N) is 3. The Kier molecular flexibility index (Phi) is 6.54. The Labute approximate surface area is 221 Å². The van der Waals surface area contributed by atoms with E-state index in [-0.39, 0.29) is 4.90 Å². The molecule has 0 bridgehead atoms. The number of fused-ring (bicyclic) bond motifs is 2. The molecule has 1 saturated heterocycles. The predicted octanol–water partition coefficient (Wildman–Crippen LogP) is 5.62. The fourth-order valence-corrected chi connectivity index (χ4v) is 6.75. The number of aromatic nitrogens is 1. The molecule has 1 aliphatic heterocycles. The van der Waals surface area contributed by atoms with Crippen molar-refractivity contribution in [1.82, 2.24) is 9.27 Å². The fourth-order valence-electron chi connectivity index (χ4n) is 4.86. The molecule has 5 aromatic rings. The Morgan fingerprint density at radius 1 is 0.811 bits per heavy atom. The van der Waals surface area contributed by atoms with Gasteiger partial charge in [-0.3, -0.25) is 9.62 Å². The van der Waals surface area contributed by atoms with Crippen molar-refractivity contribution >= 4 is 53.9 Å². The lowest BCUT2D eigenvalue weighted by Crippen LogP contribution is -2.47. The molecule has 0 saturated carbocycles. The Balaban J connectivity index is 1.03. The van der Waals surface area contributed by atoms with E-state index in [1.165, 1.54) is 15.6 Å². The molecule has 1 aliphatic rings. The lowest BCUT2D eigenvalue weighted by atomic mass is 10.1. The van der Waals surface area contributed by atoms with Crippen LogP contribution >= 0.6 is 11.5 Å². The van der Waals surface area contributed by atoms with Gasteiger partial charge in [0.15, 0.2) is 0 Å². The van der Waals surface area contributed by atoms with Crippen LogP contribution in [0.2, 0.25) is 0 Å². The highest BCUT2D eigenvalue weighted by Crippen LogP contribution is 2.30. The zero-order chi connectivity index (χ0) is 25.2. The van der Waals surface area contributed by atoms with Gasteiger partial charge in [-0.2, -0.15) is 4.37 Å². The molecular formula is C29H28N4O2S2. The summed E-state index contributed by atoms with van der Waals surface area (Å²) in [5.74, 6) is 1.11. The molecule has 0 aliphatic carbocycles. The molecule has 1 fully saturated rings. The third-order valence-corrected chi connectivity index (χ3v) is 9.18. The van der Waals surface area contributed by atoms with E-state index in [1.54, 1.807) is 23.7 Å². The number of sulfonamides is 1. The minimum absolute atomic E-state index is 0.264. The number of anilines is 2. The summed E-state index contributed by atoms with van der Waals surface area (Å²) in [7, 11) is -3.65. The van der Waals surface area contributed by atoms with Crippen molar-refractivity contribution in [2.45, 2.75) is 11.3 Å². The molecule has 2 heterocycles. The highest BCUT2D eigenvalue weighted by molar-refractivity contribution is 7.92. The van der Waals surface area contributed by atoms with E-state index in [4.69, 9.17) is 4.37 Å². The molecule has 37 heavy (non-hydrogen) atoms. The van der Waals surface area contributed by atoms with Gasteiger partial charge in [-0.15, -0.1) is 0 Å². The molecule has 0 amide bonds. The van der Waals surface area contributed by atoms with Crippen molar-refractivity contribution in [2.24, 2.45) is 0 Å². The van der Waals surface area contributed by atoms with E-state index in [2.05, 4.69) is 38.8 Å². The minimum atomic E-state index is -3.65. The SMILES string of the molecule is O=S(=O)(Nc1ccc(CCN2CCN(c3nsc4ccccc34)CC2)cc1)c1ccc2ccccc2c1. The summed E-state index contributed by atoms with van der Waals surface area (Å²) in [4.78, 5) is 5.15. The molecule has 6 rings (SSSR count). The highest BCUT2D eigenvalue weighted by Gasteiger charge is 2.20. The van der Waals surface area contributed by atoms with Crippen molar-refractivity contribution in [1.29, 1.82) is 0 Å². The van der Waals surface area contributed by atoms with Gasteiger partial charge in [-0.25, -0.2) is 8.42 Å². The maximum atomic E-state index is 12.9. The van der Waals surface area contributed by atoms with Crippen LogP contribution in [0.25, 0.3) is 20.9 Å². The lowest BCUT2D eigenvalue weighted by Gasteiger charge is -2.35. The first-order valence-electron chi connectivity index (χ1n) is 12.5. The molecule has 0 unspecified atom stereocenters. The second-order valence-electron chi connectivity index (χ2n) is 9.39. The molecule has 188 valence electrons. The van der Waals surface area contributed by atoms with Crippen LogP contribution in [0.4, 0.5) is 11.5 Å². The van der Waals surface area contributed by atoms with Crippen LogP contribution in [0.5, 0.6) is 0 Å². The second-order valence-corrected chi connectivity index (χ2v) is 11.9. The van der Waals surface area contributed by atoms with Gasteiger partial charge in [0.2, 0.25) is 0 Å². The summed E-state index contributed by atoms with van der Waals surface area (Å²) in [5, 5.41) is 3.17. The first kappa shape index (κ1) is 23.9. The first-order chi connectivity index (χ1) is 18.0. The summed E-state index contributed by atoms with van der Waals surface area (Å²) < 4.78 is 34.5. The summed E-state index contributed by atoms with van der Waals surface area (Å²) in [6.07, 6.45) is 0.928. The third kappa shape index (κ3) is 5.18. The molecular weight excluding hydrogens is 500 g/mol. The van der Waals surface area contributed by atoms with E-state index < -0.39 is 10.0 Å². The predicted molar refractivity (Wildman–Crippen MR) is 153 cm³/mol.